The van der Waals surface area contributed by atoms with Gasteiger partial charge in [-0.25, -0.2) is 0 Å². The molecule has 0 bridgehead atoms. The molecular formula is C9H12BrN3O2. The maximum absolute atomic E-state index is 10.5. The molecule has 0 amide bonds. The minimum Gasteiger partial charge on any atom is -0.358 e. The van der Waals surface area contributed by atoms with Gasteiger partial charge in [-0.15, -0.1) is 0 Å². The molecule has 0 radical (unpaired) electrons. The Morgan fingerprint density at radius 3 is 2.80 bits per heavy atom. The Morgan fingerprint density at radius 1 is 1.60 bits per heavy atom. The minimum atomic E-state index is -0.462. The van der Waals surface area contributed by atoms with E-state index in [-0.39, 0.29) is 5.82 Å². The van der Waals surface area contributed by atoms with Crippen LogP contribution in [0.2, 0.25) is 0 Å². The van der Waals surface area contributed by atoms with Gasteiger partial charge in [0.1, 0.15) is 6.20 Å². The molecule has 82 valence electrons. The Balaban J connectivity index is 2.10. The minimum absolute atomic E-state index is 0.0835. The van der Waals surface area contributed by atoms with E-state index in [0.29, 0.717) is 10.7 Å². The van der Waals surface area contributed by atoms with Crippen molar-refractivity contribution in [2.24, 2.45) is 5.92 Å². The zero-order valence-electron chi connectivity index (χ0n) is 8.23. The zero-order chi connectivity index (χ0) is 10.8. The highest BCUT2D eigenvalue weighted by Gasteiger charge is 2.21. The van der Waals surface area contributed by atoms with E-state index in [2.05, 4.69) is 20.9 Å². The molecule has 0 spiro atoms. The van der Waals surface area contributed by atoms with E-state index in [1.165, 1.54) is 31.9 Å². The van der Waals surface area contributed by atoms with E-state index >= 15 is 0 Å². The summed E-state index contributed by atoms with van der Waals surface area (Å²) < 4.78 is 2.38. The quantitative estimate of drug-likeness (QED) is 0.629. The van der Waals surface area contributed by atoms with E-state index in [9.17, 15) is 10.1 Å². The number of rotatable bonds is 3. The molecule has 0 aromatic carbocycles. The van der Waals surface area contributed by atoms with Gasteiger partial charge in [0.15, 0.2) is 0 Å². The summed E-state index contributed by atoms with van der Waals surface area (Å²) in [5.74, 6) is 0.565. The number of imidazole rings is 1. The van der Waals surface area contributed by atoms with Crippen LogP contribution >= 0.6 is 15.9 Å². The molecule has 15 heavy (non-hydrogen) atoms. The summed E-state index contributed by atoms with van der Waals surface area (Å²) in [6.45, 7) is 0.835. The number of hydrogen-bond donors (Lipinski definition) is 0. The second-order valence-corrected chi connectivity index (χ2v) is 4.64. The van der Waals surface area contributed by atoms with E-state index < -0.39 is 4.92 Å². The van der Waals surface area contributed by atoms with Crippen molar-refractivity contribution in [3.05, 3.63) is 21.0 Å². The molecule has 0 aliphatic heterocycles. The fourth-order valence-corrected chi connectivity index (χ4v) is 2.50. The number of aromatic nitrogens is 2. The first-order chi connectivity index (χ1) is 7.16. The summed E-state index contributed by atoms with van der Waals surface area (Å²) in [4.78, 5) is 13.9. The Labute approximate surface area is 95.8 Å². The SMILES string of the molecule is O=[N+]([O-])c1cn(CC2CCCC2)c(Br)n1. The van der Waals surface area contributed by atoms with Gasteiger partial charge in [0.2, 0.25) is 0 Å². The molecule has 0 unspecified atom stereocenters. The predicted octanol–water partition coefficient (Wildman–Crippen LogP) is 2.74. The highest BCUT2D eigenvalue weighted by atomic mass is 79.9. The Bertz CT molecular complexity index is 371. The highest BCUT2D eigenvalue weighted by molar-refractivity contribution is 9.10. The molecule has 1 heterocycles. The van der Waals surface area contributed by atoms with E-state index in [0.717, 1.165) is 6.54 Å². The third-order valence-electron chi connectivity index (χ3n) is 2.83. The van der Waals surface area contributed by atoms with E-state index in [4.69, 9.17) is 0 Å². The molecule has 0 saturated heterocycles. The van der Waals surface area contributed by atoms with Crippen LogP contribution < -0.4 is 0 Å². The molecule has 1 aliphatic carbocycles. The smallest absolute Gasteiger partial charge is 0.358 e. The lowest BCUT2D eigenvalue weighted by Gasteiger charge is -2.08. The van der Waals surface area contributed by atoms with Crippen LogP contribution in [0.25, 0.3) is 0 Å². The van der Waals surface area contributed by atoms with Crippen LogP contribution in [0.1, 0.15) is 25.7 Å². The van der Waals surface area contributed by atoms with Gasteiger partial charge < -0.3 is 10.1 Å². The van der Waals surface area contributed by atoms with Crippen LogP contribution in [0.4, 0.5) is 5.82 Å². The third-order valence-corrected chi connectivity index (χ3v) is 3.46. The zero-order valence-corrected chi connectivity index (χ0v) is 9.81. The van der Waals surface area contributed by atoms with Crippen LogP contribution in [0.3, 0.4) is 0 Å². The topological polar surface area (TPSA) is 61.0 Å². The first-order valence-corrected chi connectivity index (χ1v) is 5.83. The van der Waals surface area contributed by atoms with Crippen molar-refractivity contribution in [3.8, 4) is 0 Å². The number of nitrogens with zero attached hydrogens (tertiary/aromatic N) is 3. The standard InChI is InChI=1S/C9H12BrN3O2/c10-9-11-8(13(14)15)6-12(9)5-7-3-1-2-4-7/h6-7H,1-5H2. The summed E-state index contributed by atoms with van der Waals surface area (Å²) in [6.07, 6.45) is 6.50. The van der Waals surface area contributed by atoms with Gasteiger partial charge in [-0.05, 0) is 28.7 Å². The maximum Gasteiger partial charge on any atom is 0.382 e. The van der Waals surface area contributed by atoms with Crippen molar-refractivity contribution in [3.63, 3.8) is 0 Å². The maximum atomic E-state index is 10.5. The molecule has 1 aromatic rings. The summed E-state index contributed by atoms with van der Waals surface area (Å²) in [5.41, 5.74) is 0. The van der Waals surface area contributed by atoms with Gasteiger partial charge >= 0.3 is 5.82 Å². The fourth-order valence-electron chi connectivity index (χ4n) is 2.07. The Hall–Kier alpha value is -0.910. The fraction of sp³-hybridized carbons (Fsp3) is 0.667. The largest absolute Gasteiger partial charge is 0.382 e. The molecule has 1 saturated carbocycles. The number of halogens is 1. The Kier molecular flexibility index (Phi) is 3.04. The lowest BCUT2D eigenvalue weighted by Crippen LogP contribution is -2.06. The van der Waals surface area contributed by atoms with Crippen LogP contribution in [0, 0.1) is 16.0 Å². The molecule has 5 nitrogen and oxygen atoms in total. The molecule has 0 N–H and O–H groups in total. The highest BCUT2D eigenvalue weighted by Crippen LogP contribution is 2.28. The average Bonchev–Trinajstić information content (AvgIpc) is 2.77. The Morgan fingerprint density at radius 2 is 2.27 bits per heavy atom. The molecule has 2 rings (SSSR count). The van der Waals surface area contributed by atoms with Crippen molar-refractivity contribution in [1.82, 2.24) is 9.55 Å². The van der Waals surface area contributed by atoms with Gasteiger partial charge in [0.05, 0.1) is 0 Å². The van der Waals surface area contributed by atoms with Crippen LogP contribution in [0.5, 0.6) is 0 Å². The molecular weight excluding hydrogens is 262 g/mol. The van der Waals surface area contributed by atoms with Crippen LogP contribution in [-0.2, 0) is 6.54 Å². The molecule has 6 heteroatoms. The van der Waals surface area contributed by atoms with Crippen LogP contribution in [-0.4, -0.2) is 14.5 Å². The average molecular weight is 274 g/mol. The number of nitro groups is 1. The first kappa shape index (κ1) is 10.6. The summed E-state index contributed by atoms with van der Waals surface area (Å²) in [7, 11) is 0. The van der Waals surface area contributed by atoms with Gasteiger partial charge in [-0.3, -0.25) is 4.57 Å². The van der Waals surface area contributed by atoms with Gasteiger partial charge in [-0.1, -0.05) is 12.8 Å². The van der Waals surface area contributed by atoms with Crippen LogP contribution in [0.15, 0.2) is 10.9 Å². The second kappa shape index (κ2) is 4.30. The molecule has 1 aromatic heterocycles. The van der Waals surface area contributed by atoms with E-state index in [1.54, 1.807) is 0 Å². The normalized spacial score (nSPS) is 17.1. The second-order valence-electron chi connectivity index (χ2n) is 3.93. The van der Waals surface area contributed by atoms with Gasteiger partial charge in [0, 0.05) is 22.5 Å². The van der Waals surface area contributed by atoms with Crippen molar-refractivity contribution in [1.29, 1.82) is 0 Å². The first-order valence-electron chi connectivity index (χ1n) is 5.04. The summed E-state index contributed by atoms with van der Waals surface area (Å²) in [5, 5.41) is 10.5. The molecule has 0 atom stereocenters. The lowest BCUT2D eigenvalue weighted by molar-refractivity contribution is -0.389. The van der Waals surface area contributed by atoms with Gasteiger partial charge in [-0.2, -0.15) is 0 Å². The van der Waals surface area contributed by atoms with E-state index in [1.807, 2.05) is 4.57 Å². The van der Waals surface area contributed by atoms with Crippen molar-refractivity contribution >= 4 is 21.7 Å². The summed E-state index contributed by atoms with van der Waals surface area (Å²) in [6, 6.07) is 0. The summed E-state index contributed by atoms with van der Waals surface area (Å²) >= 11 is 3.24. The predicted molar refractivity (Wildman–Crippen MR) is 58.5 cm³/mol. The number of hydrogen-bond acceptors (Lipinski definition) is 3. The van der Waals surface area contributed by atoms with Crippen molar-refractivity contribution in [2.75, 3.05) is 0 Å². The van der Waals surface area contributed by atoms with Crippen molar-refractivity contribution < 1.29 is 4.92 Å². The molecule has 1 fully saturated rings. The third kappa shape index (κ3) is 2.37. The lowest BCUT2D eigenvalue weighted by atomic mass is 10.1. The monoisotopic (exact) mass is 273 g/mol. The molecule has 1 aliphatic rings. The van der Waals surface area contributed by atoms with Gasteiger partial charge in [0.25, 0.3) is 4.73 Å². The van der Waals surface area contributed by atoms with Crippen molar-refractivity contribution in [2.45, 2.75) is 32.2 Å².